The van der Waals surface area contributed by atoms with E-state index in [1.54, 1.807) is 0 Å². The number of esters is 2. The van der Waals surface area contributed by atoms with E-state index in [4.69, 9.17) is 18.5 Å². The number of ether oxygens (including phenoxy) is 2. The number of hydrogen-bond donors (Lipinski definition) is 1. The Hall–Kier alpha value is -1.25. The van der Waals surface area contributed by atoms with Crippen LogP contribution in [0, 0.1) is 0 Å². The normalized spacial score (nSPS) is 13.7. The van der Waals surface area contributed by atoms with E-state index in [1.807, 2.05) is 21.1 Å². The SMILES string of the molecule is CCCCCCCC/C=C/CCCCCCCC(=O)OC[C@H](COP(=O)(O)OCC[N+](C)(C)C)OC(=O)CCCCCCCCCCCCCCC. The summed E-state index contributed by atoms with van der Waals surface area (Å²) in [7, 11) is 1.48. The number of unbranched alkanes of at least 4 members (excludes halogenated alkanes) is 23. The minimum atomic E-state index is -4.37. The molecule has 308 valence electrons. The fourth-order valence-corrected chi connectivity index (χ4v) is 6.63. The second-order valence-electron chi connectivity index (χ2n) is 15.7. The Balaban J connectivity index is 4.37. The number of quaternary nitrogens is 1. The fourth-order valence-electron chi connectivity index (χ4n) is 5.89. The lowest BCUT2D eigenvalue weighted by molar-refractivity contribution is -0.870. The molecule has 0 radical (unpaired) electrons. The zero-order valence-electron chi connectivity index (χ0n) is 34.6. The van der Waals surface area contributed by atoms with Crippen LogP contribution >= 0.6 is 7.82 Å². The average molecular weight is 761 g/mol. The number of phosphoric ester groups is 1. The first-order valence-electron chi connectivity index (χ1n) is 21.4. The Labute approximate surface area is 320 Å². The van der Waals surface area contributed by atoms with Crippen molar-refractivity contribution in [2.45, 2.75) is 200 Å². The van der Waals surface area contributed by atoms with Crippen LogP contribution in [0.5, 0.6) is 0 Å². The molecule has 0 fully saturated rings. The molecule has 0 spiro atoms. The van der Waals surface area contributed by atoms with Crippen LogP contribution in [0.4, 0.5) is 0 Å². The molecule has 0 aromatic rings. The van der Waals surface area contributed by atoms with Gasteiger partial charge in [-0.3, -0.25) is 18.6 Å². The summed E-state index contributed by atoms with van der Waals surface area (Å²) in [5.74, 6) is -0.801. The Morgan fingerprint density at radius 2 is 0.981 bits per heavy atom. The monoisotopic (exact) mass is 761 g/mol. The Kier molecular flexibility index (Phi) is 34.6. The number of allylic oxidation sites excluding steroid dienone is 2. The lowest BCUT2D eigenvalue weighted by atomic mass is 10.0. The Bertz CT molecular complexity index is 907. The van der Waals surface area contributed by atoms with E-state index in [-0.39, 0.29) is 32.0 Å². The summed E-state index contributed by atoms with van der Waals surface area (Å²) in [5, 5.41) is 0. The molecule has 0 aliphatic rings. The third-order valence-corrected chi connectivity index (χ3v) is 10.3. The maximum Gasteiger partial charge on any atom is 0.472 e. The molecule has 0 rings (SSSR count). The van der Waals surface area contributed by atoms with Gasteiger partial charge in [0.1, 0.15) is 19.8 Å². The summed E-state index contributed by atoms with van der Waals surface area (Å²) in [6.07, 6.45) is 35.3. The van der Waals surface area contributed by atoms with E-state index in [2.05, 4.69) is 26.0 Å². The number of carbonyl (C=O) groups is 2. The lowest BCUT2D eigenvalue weighted by Crippen LogP contribution is -2.37. The summed E-state index contributed by atoms with van der Waals surface area (Å²) in [6.45, 7) is 4.42. The van der Waals surface area contributed by atoms with Crippen LogP contribution in [-0.2, 0) is 32.7 Å². The van der Waals surface area contributed by atoms with Gasteiger partial charge >= 0.3 is 19.8 Å². The van der Waals surface area contributed by atoms with Gasteiger partial charge in [0.25, 0.3) is 0 Å². The molecule has 1 unspecified atom stereocenters. The number of nitrogens with zero attached hydrogens (tertiary/aromatic N) is 1. The first-order chi connectivity index (χ1) is 25.0. The summed E-state index contributed by atoms with van der Waals surface area (Å²) < 4.78 is 34.3. The van der Waals surface area contributed by atoms with Gasteiger partial charge in [0.2, 0.25) is 0 Å². The fraction of sp³-hybridized carbons (Fsp3) is 0.905. The smallest absolute Gasteiger partial charge is 0.462 e. The molecular weight excluding hydrogens is 677 g/mol. The largest absolute Gasteiger partial charge is 0.472 e. The van der Waals surface area contributed by atoms with Crippen molar-refractivity contribution in [2.75, 3.05) is 47.5 Å². The molecular formula is C42H83NO8P+. The molecule has 0 heterocycles. The van der Waals surface area contributed by atoms with Gasteiger partial charge in [-0.05, 0) is 38.5 Å². The van der Waals surface area contributed by atoms with Crippen molar-refractivity contribution in [1.82, 2.24) is 0 Å². The van der Waals surface area contributed by atoms with Gasteiger partial charge in [-0.2, -0.15) is 0 Å². The molecule has 0 saturated carbocycles. The molecule has 0 aliphatic carbocycles. The van der Waals surface area contributed by atoms with Crippen LogP contribution < -0.4 is 0 Å². The minimum Gasteiger partial charge on any atom is -0.462 e. The zero-order valence-corrected chi connectivity index (χ0v) is 35.5. The van der Waals surface area contributed by atoms with E-state index in [9.17, 15) is 19.0 Å². The molecule has 9 nitrogen and oxygen atoms in total. The zero-order chi connectivity index (χ0) is 38.6. The van der Waals surface area contributed by atoms with Crippen molar-refractivity contribution in [1.29, 1.82) is 0 Å². The third-order valence-electron chi connectivity index (χ3n) is 9.30. The molecule has 2 atom stereocenters. The summed E-state index contributed by atoms with van der Waals surface area (Å²) >= 11 is 0. The molecule has 1 N–H and O–H groups in total. The van der Waals surface area contributed by atoms with Crippen LogP contribution in [0.15, 0.2) is 12.2 Å². The van der Waals surface area contributed by atoms with Crippen LogP contribution in [0.2, 0.25) is 0 Å². The van der Waals surface area contributed by atoms with Crippen LogP contribution in [0.25, 0.3) is 0 Å². The van der Waals surface area contributed by atoms with Crippen molar-refractivity contribution in [3.8, 4) is 0 Å². The number of rotatable bonds is 39. The van der Waals surface area contributed by atoms with Crippen molar-refractivity contribution in [3.63, 3.8) is 0 Å². The Morgan fingerprint density at radius 1 is 0.577 bits per heavy atom. The molecule has 0 amide bonds. The van der Waals surface area contributed by atoms with E-state index in [0.717, 1.165) is 51.4 Å². The summed E-state index contributed by atoms with van der Waals surface area (Å²) in [4.78, 5) is 35.3. The maximum atomic E-state index is 12.6. The van der Waals surface area contributed by atoms with E-state index in [0.29, 0.717) is 17.4 Å². The predicted molar refractivity (Wildman–Crippen MR) is 215 cm³/mol. The number of phosphoric acid groups is 1. The van der Waals surface area contributed by atoms with Crippen molar-refractivity contribution < 1.29 is 42.1 Å². The molecule has 10 heteroatoms. The van der Waals surface area contributed by atoms with Gasteiger partial charge in [0.15, 0.2) is 6.10 Å². The molecule has 0 saturated heterocycles. The quantitative estimate of drug-likeness (QED) is 0.0217. The van der Waals surface area contributed by atoms with E-state index < -0.39 is 26.5 Å². The highest BCUT2D eigenvalue weighted by molar-refractivity contribution is 7.47. The van der Waals surface area contributed by atoms with Gasteiger partial charge in [-0.15, -0.1) is 0 Å². The molecule has 0 aliphatic heterocycles. The highest BCUT2D eigenvalue weighted by Gasteiger charge is 2.27. The van der Waals surface area contributed by atoms with Gasteiger partial charge < -0.3 is 18.9 Å². The van der Waals surface area contributed by atoms with Crippen molar-refractivity contribution >= 4 is 19.8 Å². The van der Waals surface area contributed by atoms with Crippen LogP contribution in [0.3, 0.4) is 0 Å². The summed E-state index contributed by atoms with van der Waals surface area (Å²) in [5.41, 5.74) is 0. The highest BCUT2D eigenvalue weighted by atomic mass is 31.2. The summed E-state index contributed by atoms with van der Waals surface area (Å²) in [6, 6.07) is 0. The number of carbonyl (C=O) groups excluding carboxylic acids is 2. The standard InChI is InChI=1S/C42H82NO8P/c1-6-8-10-12-14-16-18-20-21-23-24-26-28-30-32-34-41(44)48-38-40(39-50-52(46,47)49-37-36-43(3,4)5)51-42(45)35-33-31-29-27-25-22-19-17-15-13-11-9-7-2/h20-21,40H,6-19,22-39H2,1-5H3/p+1/b21-20+/t40-/m1/s1. The van der Waals surface area contributed by atoms with Crippen molar-refractivity contribution in [3.05, 3.63) is 12.2 Å². The lowest BCUT2D eigenvalue weighted by Gasteiger charge is -2.24. The topological polar surface area (TPSA) is 108 Å². The molecule has 0 aromatic carbocycles. The van der Waals surface area contributed by atoms with Gasteiger partial charge in [-0.1, -0.05) is 154 Å². The molecule has 52 heavy (non-hydrogen) atoms. The molecule has 0 aromatic heterocycles. The van der Waals surface area contributed by atoms with Crippen LogP contribution in [0.1, 0.15) is 194 Å². The first kappa shape index (κ1) is 50.8. The van der Waals surface area contributed by atoms with E-state index >= 15 is 0 Å². The minimum absolute atomic E-state index is 0.0335. The van der Waals surface area contributed by atoms with Crippen LogP contribution in [-0.4, -0.2) is 74.9 Å². The predicted octanol–water partition coefficient (Wildman–Crippen LogP) is 11.8. The number of likely N-dealkylation sites (N-methyl/N-ethyl adjacent to an activating group) is 1. The van der Waals surface area contributed by atoms with Gasteiger partial charge in [0, 0.05) is 12.8 Å². The highest BCUT2D eigenvalue weighted by Crippen LogP contribution is 2.43. The second kappa shape index (κ2) is 35.5. The average Bonchev–Trinajstić information content (AvgIpc) is 3.09. The third kappa shape index (κ3) is 38.5. The second-order valence-corrected chi connectivity index (χ2v) is 17.2. The Morgan fingerprint density at radius 3 is 1.42 bits per heavy atom. The molecule has 0 bridgehead atoms. The van der Waals surface area contributed by atoms with E-state index in [1.165, 1.54) is 109 Å². The maximum absolute atomic E-state index is 12.6. The first-order valence-corrected chi connectivity index (χ1v) is 22.9. The van der Waals surface area contributed by atoms with Gasteiger partial charge in [0.05, 0.1) is 27.7 Å². The number of hydrogen-bond acceptors (Lipinski definition) is 7. The van der Waals surface area contributed by atoms with Crippen molar-refractivity contribution in [2.24, 2.45) is 0 Å². The van der Waals surface area contributed by atoms with Gasteiger partial charge in [-0.25, -0.2) is 4.57 Å².